The monoisotopic (exact) mass is 298 g/mol. The Bertz CT molecular complexity index is 700. The van der Waals surface area contributed by atoms with Gasteiger partial charge in [0, 0.05) is 24.0 Å². The van der Waals surface area contributed by atoms with Crippen LogP contribution >= 0.6 is 0 Å². The zero-order valence-corrected chi connectivity index (χ0v) is 13.6. The number of aromatic nitrogens is 3. The standard InChI is InChI=1S/C17H22N4O/c1-11(2)10-22-17-15-13(5-6-18-17)7-19-16(15)14-8-20-21(9-14)12(3)4/h5-6,8-9,11-12H,7,10H2,1-4H3. The van der Waals surface area contributed by atoms with E-state index < -0.39 is 0 Å². The van der Waals surface area contributed by atoms with Gasteiger partial charge in [-0.25, -0.2) is 4.98 Å². The Morgan fingerprint density at radius 1 is 1.27 bits per heavy atom. The number of aliphatic imine (C=N–C) groups is 1. The number of hydrogen-bond acceptors (Lipinski definition) is 4. The van der Waals surface area contributed by atoms with Crippen LogP contribution in [0.3, 0.4) is 0 Å². The van der Waals surface area contributed by atoms with Gasteiger partial charge in [0.15, 0.2) is 0 Å². The molecule has 2 aromatic heterocycles. The predicted molar refractivity (Wildman–Crippen MR) is 86.5 cm³/mol. The second-order valence-electron chi connectivity index (χ2n) is 6.32. The van der Waals surface area contributed by atoms with E-state index in [2.05, 4.69) is 42.8 Å². The van der Waals surface area contributed by atoms with Gasteiger partial charge in [-0.05, 0) is 31.4 Å². The highest BCUT2D eigenvalue weighted by Gasteiger charge is 2.24. The second kappa shape index (κ2) is 5.91. The summed E-state index contributed by atoms with van der Waals surface area (Å²) in [5, 5.41) is 4.41. The molecule has 5 nitrogen and oxygen atoms in total. The van der Waals surface area contributed by atoms with Gasteiger partial charge in [0.1, 0.15) is 0 Å². The normalized spacial score (nSPS) is 13.6. The first-order valence-electron chi connectivity index (χ1n) is 7.76. The lowest BCUT2D eigenvalue weighted by Gasteiger charge is -2.12. The fraction of sp³-hybridized carbons (Fsp3) is 0.471. The molecule has 0 atom stereocenters. The summed E-state index contributed by atoms with van der Waals surface area (Å²) in [5.41, 5.74) is 4.15. The summed E-state index contributed by atoms with van der Waals surface area (Å²) >= 11 is 0. The third-order valence-corrected chi connectivity index (χ3v) is 3.60. The van der Waals surface area contributed by atoms with E-state index in [9.17, 15) is 0 Å². The molecule has 0 saturated carbocycles. The predicted octanol–water partition coefficient (Wildman–Crippen LogP) is 3.24. The average molecular weight is 298 g/mol. The van der Waals surface area contributed by atoms with Gasteiger partial charge < -0.3 is 4.74 Å². The van der Waals surface area contributed by atoms with E-state index >= 15 is 0 Å². The molecule has 0 aromatic carbocycles. The molecule has 1 aliphatic rings. The fourth-order valence-electron chi connectivity index (χ4n) is 2.44. The number of hydrogen-bond donors (Lipinski definition) is 0. The lowest BCUT2D eigenvalue weighted by atomic mass is 10.0. The molecule has 0 aliphatic carbocycles. The second-order valence-corrected chi connectivity index (χ2v) is 6.32. The molecular formula is C17H22N4O. The van der Waals surface area contributed by atoms with Crippen molar-refractivity contribution in [2.75, 3.05) is 6.61 Å². The van der Waals surface area contributed by atoms with Crippen LogP contribution in [0.25, 0.3) is 0 Å². The molecule has 116 valence electrons. The molecule has 3 rings (SSSR count). The molecular weight excluding hydrogens is 276 g/mol. The summed E-state index contributed by atoms with van der Waals surface area (Å²) in [4.78, 5) is 9.09. The molecule has 0 unspecified atom stereocenters. The maximum absolute atomic E-state index is 5.90. The van der Waals surface area contributed by atoms with Gasteiger partial charge in [0.2, 0.25) is 5.88 Å². The summed E-state index contributed by atoms with van der Waals surface area (Å²) in [7, 11) is 0. The first-order chi connectivity index (χ1) is 10.6. The SMILES string of the molecule is CC(C)COc1nccc2c1C(c1cnn(C(C)C)c1)=NC2. The highest BCUT2D eigenvalue weighted by Crippen LogP contribution is 2.29. The zero-order valence-electron chi connectivity index (χ0n) is 13.6. The van der Waals surface area contributed by atoms with Crippen LogP contribution in [-0.2, 0) is 6.54 Å². The summed E-state index contributed by atoms with van der Waals surface area (Å²) in [6, 6.07) is 2.35. The van der Waals surface area contributed by atoms with Crippen molar-refractivity contribution in [1.29, 1.82) is 0 Å². The molecule has 0 amide bonds. The Morgan fingerprint density at radius 2 is 2.09 bits per heavy atom. The van der Waals surface area contributed by atoms with Gasteiger partial charge in [-0.1, -0.05) is 13.8 Å². The number of fused-ring (bicyclic) bond motifs is 1. The molecule has 3 heterocycles. The smallest absolute Gasteiger partial charge is 0.223 e. The van der Waals surface area contributed by atoms with Crippen LogP contribution in [0, 0.1) is 5.92 Å². The van der Waals surface area contributed by atoms with Crippen molar-refractivity contribution >= 4 is 5.71 Å². The molecule has 0 N–H and O–H groups in total. The van der Waals surface area contributed by atoms with Gasteiger partial charge in [-0.3, -0.25) is 9.67 Å². The van der Waals surface area contributed by atoms with Crippen LogP contribution in [-0.4, -0.2) is 27.1 Å². The molecule has 0 saturated heterocycles. The Kier molecular flexibility index (Phi) is 3.96. The minimum Gasteiger partial charge on any atom is -0.477 e. The number of rotatable bonds is 5. The molecule has 0 spiro atoms. The Balaban J connectivity index is 1.95. The van der Waals surface area contributed by atoms with Gasteiger partial charge in [0.05, 0.1) is 30.6 Å². The van der Waals surface area contributed by atoms with Crippen molar-refractivity contribution in [2.45, 2.75) is 40.3 Å². The summed E-state index contributed by atoms with van der Waals surface area (Å²) < 4.78 is 7.84. The van der Waals surface area contributed by atoms with Crippen LogP contribution in [0.1, 0.15) is 50.4 Å². The molecule has 22 heavy (non-hydrogen) atoms. The summed E-state index contributed by atoms with van der Waals surface area (Å²) in [5.74, 6) is 1.14. The van der Waals surface area contributed by atoms with Crippen molar-refractivity contribution in [3.63, 3.8) is 0 Å². The quantitative estimate of drug-likeness (QED) is 0.851. The van der Waals surface area contributed by atoms with Crippen molar-refractivity contribution in [1.82, 2.24) is 14.8 Å². The van der Waals surface area contributed by atoms with Crippen LogP contribution in [0.5, 0.6) is 5.88 Å². The first kappa shape index (κ1) is 14.8. The van der Waals surface area contributed by atoms with Crippen LogP contribution in [0.2, 0.25) is 0 Å². The van der Waals surface area contributed by atoms with E-state index in [1.54, 1.807) is 6.20 Å². The Hall–Kier alpha value is -2.17. The number of pyridine rings is 1. The Morgan fingerprint density at radius 3 is 2.77 bits per heavy atom. The van der Waals surface area contributed by atoms with E-state index in [0.29, 0.717) is 31.0 Å². The van der Waals surface area contributed by atoms with E-state index in [-0.39, 0.29) is 0 Å². The largest absolute Gasteiger partial charge is 0.477 e. The highest BCUT2D eigenvalue weighted by atomic mass is 16.5. The number of ether oxygens (including phenoxy) is 1. The van der Waals surface area contributed by atoms with Gasteiger partial charge >= 0.3 is 0 Å². The minimum atomic E-state index is 0.334. The van der Waals surface area contributed by atoms with Gasteiger partial charge in [-0.15, -0.1) is 0 Å². The Labute approximate surface area is 131 Å². The highest BCUT2D eigenvalue weighted by molar-refractivity contribution is 6.16. The zero-order chi connectivity index (χ0) is 15.7. The van der Waals surface area contributed by atoms with Crippen molar-refractivity contribution < 1.29 is 4.74 Å². The molecule has 1 aliphatic heterocycles. The summed E-state index contributed by atoms with van der Waals surface area (Å²) in [6.45, 7) is 9.82. The van der Waals surface area contributed by atoms with E-state index in [1.165, 1.54) is 5.56 Å². The average Bonchev–Trinajstić information content (AvgIpc) is 3.11. The third-order valence-electron chi connectivity index (χ3n) is 3.60. The van der Waals surface area contributed by atoms with Crippen molar-refractivity contribution in [3.8, 4) is 5.88 Å². The first-order valence-corrected chi connectivity index (χ1v) is 7.76. The van der Waals surface area contributed by atoms with E-state index in [0.717, 1.165) is 16.8 Å². The van der Waals surface area contributed by atoms with E-state index in [4.69, 9.17) is 4.74 Å². The van der Waals surface area contributed by atoms with Crippen molar-refractivity contribution in [2.24, 2.45) is 10.9 Å². The summed E-state index contributed by atoms with van der Waals surface area (Å²) in [6.07, 6.45) is 5.70. The van der Waals surface area contributed by atoms with Gasteiger partial charge in [-0.2, -0.15) is 5.10 Å². The topological polar surface area (TPSA) is 52.3 Å². The molecule has 5 heteroatoms. The van der Waals surface area contributed by atoms with Gasteiger partial charge in [0.25, 0.3) is 0 Å². The maximum atomic E-state index is 5.90. The van der Waals surface area contributed by atoms with E-state index in [1.807, 2.05) is 23.1 Å². The van der Waals surface area contributed by atoms with Crippen LogP contribution in [0.15, 0.2) is 29.6 Å². The van der Waals surface area contributed by atoms with Crippen LogP contribution in [0.4, 0.5) is 0 Å². The molecule has 0 bridgehead atoms. The maximum Gasteiger partial charge on any atom is 0.223 e. The minimum absolute atomic E-state index is 0.334. The third kappa shape index (κ3) is 2.75. The number of nitrogens with zero attached hydrogens (tertiary/aromatic N) is 4. The van der Waals surface area contributed by atoms with Crippen molar-refractivity contribution in [3.05, 3.63) is 41.3 Å². The molecule has 0 fully saturated rings. The lowest BCUT2D eigenvalue weighted by Crippen LogP contribution is -2.10. The van der Waals surface area contributed by atoms with Crippen LogP contribution < -0.4 is 4.74 Å². The lowest BCUT2D eigenvalue weighted by molar-refractivity contribution is 0.261. The fourth-order valence-corrected chi connectivity index (χ4v) is 2.44. The molecule has 0 radical (unpaired) electrons. The molecule has 2 aromatic rings.